The summed E-state index contributed by atoms with van der Waals surface area (Å²) in [7, 11) is 0. The minimum atomic E-state index is 0.614. The third-order valence-corrected chi connectivity index (χ3v) is 2.43. The van der Waals surface area contributed by atoms with E-state index in [1.807, 2.05) is 12.3 Å². The van der Waals surface area contributed by atoms with E-state index in [0.717, 1.165) is 23.4 Å². The Morgan fingerprint density at radius 1 is 1.36 bits per heavy atom. The SMILES string of the molecule is C1=NN=CC2=C(C1)OCc1[nH]ccc12. The Kier molecular flexibility index (Phi) is 1.53. The van der Waals surface area contributed by atoms with Gasteiger partial charge in [0.15, 0.2) is 0 Å². The lowest BCUT2D eigenvalue weighted by molar-refractivity contribution is 0.191. The minimum absolute atomic E-state index is 0.614. The summed E-state index contributed by atoms with van der Waals surface area (Å²) in [6.07, 6.45) is 6.16. The van der Waals surface area contributed by atoms with Gasteiger partial charge in [0.1, 0.15) is 12.4 Å². The van der Waals surface area contributed by atoms with Gasteiger partial charge in [0, 0.05) is 30.0 Å². The summed E-state index contributed by atoms with van der Waals surface area (Å²) in [5.41, 5.74) is 3.34. The van der Waals surface area contributed by atoms with E-state index in [-0.39, 0.29) is 0 Å². The molecular formula is C10H9N3O. The summed E-state index contributed by atoms with van der Waals surface area (Å²) >= 11 is 0. The molecule has 3 rings (SSSR count). The molecule has 0 aliphatic carbocycles. The number of H-pyrrole nitrogens is 1. The number of fused-ring (bicyclic) bond motifs is 2. The van der Waals surface area contributed by atoms with Crippen molar-refractivity contribution in [2.75, 3.05) is 0 Å². The van der Waals surface area contributed by atoms with Crippen molar-refractivity contribution in [3.05, 3.63) is 29.3 Å². The minimum Gasteiger partial charge on any atom is -0.491 e. The largest absolute Gasteiger partial charge is 0.491 e. The number of hydrogen-bond donors (Lipinski definition) is 1. The molecule has 1 aromatic rings. The van der Waals surface area contributed by atoms with Crippen molar-refractivity contribution in [3.8, 4) is 0 Å². The molecule has 0 bridgehead atoms. The van der Waals surface area contributed by atoms with E-state index in [0.29, 0.717) is 6.61 Å². The van der Waals surface area contributed by atoms with Crippen LogP contribution in [-0.2, 0) is 11.3 Å². The van der Waals surface area contributed by atoms with Crippen LogP contribution in [0.3, 0.4) is 0 Å². The molecule has 3 heterocycles. The molecule has 0 unspecified atom stereocenters. The highest BCUT2D eigenvalue weighted by atomic mass is 16.5. The first-order valence-corrected chi connectivity index (χ1v) is 4.52. The van der Waals surface area contributed by atoms with Crippen molar-refractivity contribution in [1.82, 2.24) is 4.98 Å². The van der Waals surface area contributed by atoms with Crippen molar-refractivity contribution in [3.63, 3.8) is 0 Å². The fraction of sp³-hybridized carbons (Fsp3) is 0.200. The van der Waals surface area contributed by atoms with Gasteiger partial charge in [-0.05, 0) is 6.07 Å². The molecular weight excluding hydrogens is 178 g/mol. The zero-order valence-corrected chi connectivity index (χ0v) is 7.53. The van der Waals surface area contributed by atoms with Crippen molar-refractivity contribution in [2.45, 2.75) is 13.0 Å². The highest BCUT2D eigenvalue weighted by Gasteiger charge is 2.19. The summed E-state index contributed by atoms with van der Waals surface area (Å²) in [5.74, 6) is 0.960. The van der Waals surface area contributed by atoms with Crippen LogP contribution in [0.5, 0.6) is 0 Å². The molecule has 0 radical (unpaired) electrons. The van der Waals surface area contributed by atoms with Gasteiger partial charge in [-0.2, -0.15) is 10.2 Å². The highest BCUT2D eigenvalue weighted by Crippen LogP contribution is 2.29. The smallest absolute Gasteiger partial charge is 0.128 e. The Bertz CT molecular complexity index is 454. The number of rotatable bonds is 0. The monoisotopic (exact) mass is 187 g/mol. The van der Waals surface area contributed by atoms with Crippen LogP contribution in [0.25, 0.3) is 5.57 Å². The first-order valence-electron chi connectivity index (χ1n) is 4.52. The molecule has 0 amide bonds. The lowest BCUT2D eigenvalue weighted by Crippen LogP contribution is -2.07. The van der Waals surface area contributed by atoms with Crippen LogP contribution in [0.4, 0.5) is 0 Å². The van der Waals surface area contributed by atoms with E-state index in [9.17, 15) is 0 Å². The van der Waals surface area contributed by atoms with Gasteiger partial charge in [0.2, 0.25) is 0 Å². The second-order valence-electron chi connectivity index (χ2n) is 3.24. The predicted octanol–water partition coefficient (Wildman–Crippen LogP) is 1.72. The van der Waals surface area contributed by atoms with Crippen LogP contribution in [0.2, 0.25) is 0 Å². The number of aromatic nitrogens is 1. The second kappa shape index (κ2) is 2.83. The van der Waals surface area contributed by atoms with E-state index >= 15 is 0 Å². The average molecular weight is 187 g/mol. The standard InChI is InChI=1S/C10H9N3O/c1-3-11-9-6-14-10-2-4-12-13-5-8(10)7(1)9/h1,3-5,11H,2,6H2. The average Bonchev–Trinajstić information content (AvgIpc) is 2.55. The van der Waals surface area contributed by atoms with Gasteiger partial charge >= 0.3 is 0 Å². The molecule has 0 atom stereocenters. The molecule has 4 nitrogen and oxygen atoms in total. The fourth-order valence-electron chi connectivity index (χ4n) is 1.74. The number of allylic oxidation sites excluding steroid dienone is 2. The topological polar surface area (TPSA) is 49.7 Å². The molecule has 0 spiro atoms. The molecule has 4 heteroatoms. The number of ether oxygens (including phenoxy) is 1. The van der Waals surface area contributed by atoms with Crippen LogP contribution in [-0.4, -0.2) is 17.4 Å². The maximum atomic E-state index is 5.61. The summed E-state index contributed by atoms with van der Waals surface area (Å²) in [4.78, 5) is 3.15. The van der Waals surface area contributed by atoms with Crippen molar-refractivity contribution >= 4 is 18.0 Å². The number of nitrogens with zero attached hydrogens (tertiary/aromatic N) is 2. The number of aromatic amines is 1. The summed E-state index contributed by atoms with van der Waals surface area (Å²) in [6.45, 7) is 0.614. The summed E-state index contributed by atoms with van der Waals surface area (Å²) < 4.78 is 5.61. The number of hydrogen-bond acceptors (Lipinski definition) is 3. The first kappa shape index (κ1) is 7.55. The van der Waals surface area contributed by atoms with Crippen LogP contribution in [0, 0.1) is 0 Å². The molecule has 0 saturated heterocycles. The molecule has 70 valence electrons. The molecule has 0 aromatic carbocycles. The zero-order chi connectivity index (χ0) is 9.38. The van der Waals surface area contributed by atoms with Gasteiger partial charge in [0.05, 0.1) is 11.9 Å². The maximum absolute atomic E-state index is 5.61. The molecule has 2 aliphatic rings. The molecule has 2 aliphatic heterocycles. The molecule has 1 N–H and O–H groups in total. The zero-order valence-electron chi connectivity index (χ0n) is 7.53. The summed E-state index contributed by atoms with van der Waals surface area (Å²) in [5, 5.41) is 7.79. The fourth-order valence-corrected chi connectivity index (χ4v) is 1.74. The van der Waals surface area contributed by atoms with Gasteiger partial charge in [-0.1, -0.05) is 0 Å². The summed E-state index contributed by atoms with van der Waals surface area (Å²) in [6, 6.07) is 2.05. The maximum Gasteiger partial charge on any atom is 0.128 e. The predicted molar refractivity (Wildman–Crippen MR) is 54.1 cm³/mol. The Hall–Kier alpha value is -1.84. The lowest BCUT2D eigenvalue weighted by atomic mass is 10.0. The highest BCUT2D eigenvalue weighted by molar-refractivity contribution is 6.12. The quantitative estimate of drug-likeness (QED) is 0.660. The Labute approximate surface area is 81.0 Å². The van der Waals surface area contributed by atoms with Crippen LogP contribution in [0.15, 0.2) is 28.2 Å². The van der Waals surface area contributed by atoms with Gasteiger partial charge in [-0.15, -0.1) is 0 Å². The third-order valence-electron chi connectivity index (χ3n) is 2.43. The van der Waals surface area contributed by atoms with Crippen molar-refractivity contribution < 1.29 is 4.74 Å². The van der Waals surface area contributed by atoms with Gasteiger partial charge in [0.25, 0.3) is 0 Å². The Balaban J connectivity index is 2.17. The Morgan fingerprint density at radius 2 is 2.36 bits per heavy atom. The lowest BCUT2D eigenvalue weighted by Gasteiger charge is -2.17. The van der Waals surface area contributed by atoms with E-state index in [1.165, 1.54) is 5.56 Å². The van der Waals surface area contributed by atoms with Gasteiger partial charge < -0.3 is 9.72 Å². The molecule has 0 saturated carbocycles. The second-order valence-corrected chi connectivity index (χ2v) is 3.24. The molecule has 0 fully saturated rings. The van der Waals surface area contributed by atoms with Crippen molar-refractivity contribution in [1.29, 1.82) is 0 Å². The van der Waals surface area contributed by atoms with Crippen molar-refractivity contribution in [2.24, 2.45) is 10.2 Å². The van der Waals surface area contributed by atoms with Crippen LogP contribution < -0.4 is 0 Å². The third kappa shape index (κ3) is 1.00. The normalized spacial score (nSPS) is 18.6. The van der Waals surface area contributed by atoms with Crippen LogP contribution in [0.1, 0.15) is 17.7 Å². The first-order chi connectivity index (χ1) is 6.95. The van der Waals surface area contributed by atoms with Gasteiger partial charge in [-0.25, -0.2) is 0 Å². The molecule has 14 heavy (non-hydrogen) atoms. The number of nitrogens with one attached hydrogen (secondary N) is 1. The van der Waals surface area contributed by atoms with Gasteiger partial charge in [-0.3, -0.25) is 0 Å². The molecule has 1 aromatic heterocycles. The van der Waals surface area contributed by atoms with Crippen LogP contribution >= 0.6 is 0 Å². The van der Waals surface area contributed by atoms with E-state index < -0.39 is 0 Å². The van der Waals surface area contributed by atoms with E-state index in [4.69, 9.17) is 4.74 Å². The Morgan fingerprint density at radius 3 is 3.36 bits per heavy atom. The van der Waals surface area contributed by atoms with E-state index in [1.54, 1.807) is 12.4 Å². The van der Waals surface area contributed by atoms with E-state index in [2.05, 4.69) is 15.2 Å².